The van der Waals surface area contributed by atoms with Crippen LogP contribution in [0.1, 0.15) is 13.8 Å². The molecule has 1 aromatic rings. The van der Waals surface area contributed by atoms with Crippen molar-refractivity contribution in [3.8, 4) is 11.5 Å². The second-order valence-corrected chi connectivity index (χ2v) is 3.68. The molecule has 0 aliphatic carbocycles. The highest BCUT2D eigenvalue weighted by Crippen LogP contribution is 2.37. The standard InChI is InChI=1S/C11H8N6O5/c1-5(18)21-10-4-8(15-17-13)11(22-6(2)19)7(14-16-12)3-9(10)20/h3-4H,1-2H3. The van der Waals surface area contributed by atoms with E-state index in [0.29, 0.717) is 0 Å². The first kappa shape index (κ1) is 16.5. The van der Waals surface area contributed by atoms with Crippen LogP contribution in [0.15, 0.2) is 27.2 Å². The van der Waals surface area contributed by atoms with Crippen molar-refractivity contribution < 1.29 is 19.1 Å². The lowest BCUT2D eigenvalue weighted by molar-refractivity contribution is -0.132. The molecule has 0 fully saturated rings. The van der Waals surface area contributed by atoms with E-state index in [-0.39, 0.29) is 5.69 Å². The van der Waals surface area contributed by atoms with E-state index in [1.165, 1.54) is 0 Å². The molecule has 0 aromatic heterocycles. The monoisotopic (exact) mass is 304 g/mol. The zero-order chi connectivity index (χ0) is 16.7. The van der Waals surface area contributed by atoms with Gasteiger partial charge in [0, 0.05) is 29.7 Å². The van der Waals surface area contributed by atoms with Crippen molar-refractivity contribution in [3.05, 3.63) is 43.2 Å². The second kappa shape index (κ2) is 7.29. The number of carbonyl (C=O) groups is 2. The Kier molecular flexibility index (Phi) is 5.47. The summed E-state index contributed by atoms with van der Waals surface area (Å²) in [4.78, 5) is 39.0. The van der Waals surface area contributed by atoms with Gasteiger partial charge < -0.3 is 9.47 Å². The smallest absolute Gasteiger partial charge is 0.308 e. The molecule has 0 unspecified atom stereocenters. The summed E-state index contributed by atoms with van der Waals surface area (Å²) in [7, 11) is 0. The minimum absolute atomic E-state index is 0.363. The maximum Gasteiger partial charge on any atom is 0.308 e. The van der Waals surface area contributed by atoms with Crippen molar-refractivity contribution in [1.82, 2.24) is 0 Å². The third-order valence-electron chi connectivity index (χ3n) is 2.05. The van der Waals surface area contributed by atoms with Crippen molar-refractivity contribution in [3.63, 3.8) is 0 Å². The van der Waals surface area contributed by atoms with Gasteiger partial charge in [0.25, 0.3) is 0 Å². The van der Waals surface area contributed by atoms with Crippen molar-refractivity contribution in [2.24, 2.45) is 10.2 Å². The van der Waals surface area contributed by atoms with Crippen molar-refractivity contribution >= 4 is 23.3 Å². The van der Waals surface area contributed by atoms with Gasteiger partial charge in [0.05, 0.1) is 11.4 Å². The molecular formula is C11H8N6O5. The molecule has 1 aromatic carbocycles. The first-order chi connectivity index (χ1) is 10.4. The summed E-state index contributed by atoms with van der Waals surface area (Å²) in [5.41, 5.74) is 15.5. The molecule has 0 atom stereocenters. The molecule has 0 saturated heterocycles. The van der Waals surface area contributed by atoms with Gasteiger partial charge in [-0.15, -0.1) is 0 Å². The van der Waals surface area contributed by atoms with Gasteiger partial charge in [-0.25, -0.2) is 0 Å². The Morgan fingerprint density at radius 1 is 1.00 bits per heavy atom. The molecule has 0 bridgehead atoms. The average molecular weight is 304 g/mol. The zero-order valence-electron chi connectivity index (χ0n) is 11.4. The Bertz CT molecular complexity index is 792. The van der Waals surface area contributed by atoms with Gasteiger partial charge in [0.15, 0.2) is 5.75 Å². The van der Waals surface area contributed by atoms with Crippen LogP contribution >= 0.6 is 0 Å². The fourth-order valence-corrected chi connectivity index (χ4v) is 1.38. The number of nitrogens with zero attached hydrogens (tertiary/aromatic N) is 6. The van der Waals surface area contributed by atoms with Gasteiger partial charge in [-0.1, -0.05) is 10.2 Å². The predicted molar refractivity (Wildman–Crippen MR) is 72.9 cm³/mol. The van der Waals surface area contributed by atoms with Crippen molar-refractivity contribution in [1.29, 1.82) is 0 Å². The van der Waals surface area contributed by atoms with Crippen LogP contribution in [0.5, 0.6) is 11.5 Å². The lowest BCUT2D eigenvalue weighted by Crippen LogP contribution is -2.08. The molecule has 0 saturated carbocycles. The zero-order valence-corrected chi connectivity index (χ0v) is 11.4. The molecular weight excluding hydrogens is 296 g/mol. The largest absolute Gasteiger partial charge is 0.426 e. The Hall–Kier alpha value is -3.55. The summed E-state index contributed by atoms with van der Waals surface area (Å²) >= 11 is 0. The molecule has 0 aliphatic rings. The van der Waals surface area contributed by atoms with Gasteiger partial charge in [0.1, 0.15) is 5.75 Å². The summed E-state index contributed by atoms with van der Waals surface area (Å²) in [6, 6.07) is 1.69. The Balaban J connectivity index is 3.85. The van der Waals surface area contributed by atoms with Crippen LogP contribution in [0.4, 0.5) is 11.4 Å². The van der Waals surface area contributed by atoms with Crippen LogP contribution in [0.25, 0.3) is 20.9 Å². The molecule has 11 heteroatoms. The van der Waals surface area contributed by atoms with Crippen LogP contribution in [0.3, 0.4) is 0 Å². The number of hydrogen-bond acceptors (Lipinski definition) is 7. The van der Waals surface area contributed by atoms with E-state index in [9.17, 15) is 14.4 Å². The van der Waals surface area contributed by atoms with Crippen LogP contribution < -0.4 is 14.9 Å². The maximum absolute atomic E-state index is 11.9. The Labute approximate surface area is 122 Å². The quantitative estimate of drug-likeness (QED) is 0.360. The van der Waals surface area contributed by atoms with Crippen LogP contribution in [0.2, 0.25) is 0 Å². The van der Waals surface area contributed by atoms with E-state index in [0.717, 1.165) is 26.0 Å². The molecule has 0 N–H and O–H groups in total. The molecule has 11 nitrogen and oxygen atoms in total. The molecule has 0 heterocycles. The minimum Gasteiger partial charge on any atom is -0.426 e. The van der Waals surface area contributed by atoms with E-state index in [1.54, 1.807) is 0 Å². The third kappa shape index (κ3) is 4.23. The van der Waals surface area contributed by atoms with Crippen molar-refractivity contribution in [2.75, 3.05) is 0 Å². The van der Waals surface area contributed by atoms with E-state index < -0.39 is 34.6 Å². The lowest BCUT2D eigenvalue weighted by atomic mass is 10.3. The molecule has 1 rings (SSSR count). The maximum atomic E-state index is 11.9. The highest BCUT2D eigenvalue weighted by Gasteiger charge is 2.14. The van der Waals surface area contributed by atoms with Crippen molar-refractivity contribution in [2.45, 2.75) is 13.8 Å². The number of ether oxygens (including phenoxy) is 2. The van der Waals surface area contributed by atoms with Crippen LogP contribution in [0, 0.1) is 0 Å². The molecule has 112 valence electrons. The average Bonchev–Trinajstić information content (AvgIpc) is 2.51. The molecule has 0 amide bonds. The molecule has 0 radical (unpaired) electrons. The first-order valence-corrected chi connectivity index (χ1v) is 5.58. The Morgan fingerprint density at radius 3 is 1.95 bits per heavy atom. The van der Waals surface area contributed by atoms with Gasteiger partial charge in [0.2, 0.25) is 5.43 Å². The molecule has 0 spiro atoms. The number of hydrogen-bond donors (Lipinski definition) is 0. The Morgan fingerprint density at radius 2 is 1.50 bits per heavy atom. The SMILES string of the molecule is CC(=O)Oc1c(N=[N+]=[N-])cc(OC(C)=O)c(=O)cc1N=[N+]=[N-]. The molecule has 0 aliphatic heterocycles. The highest BCUT2D eigenvalue weighted by atomic mass is 16.5. The van der Waals surface area contributed by atoms with Gasteiger partial charge >= 0.3 is 11.9 Å². The van der Waals surface area contributed by atoms with E-state index in [2.05, 4.69) is 24.8 Å². The van der Waals surface area contributed by atoms with E-state index in [1.807, 2.05) is 0 Å². The predicted octanol–water partition coefficient (Wildman–Crippen LogP) is 2.78. The topological polar surface area (TPSA) is 167 Å². The number of carbonyl (C=O) groups excluding carboxylic acids is 2. The summed E-state index contributed by atoms with van der Waals surface area (Å²) in [5, 5.41) is 6.44. The minimum atomic E-state index is -0.842. The van der Waals surface area contributed by atoms with Gasteiger partial charge in [-0.3, -0.25) is 14.4 Å². The first-order valence-electron chi connectivity index (χ1n) is 5.58. The van der Waals surface area contributed by atoms with Crippen LogP contribution in [-0.2, 0) is 9.59 Å². The van der Waals surface area contributed by atoms with Crippen LogP contribution in [-0.4, -0.2) is 11.9 Å². The summed E-state index contributed by atoms with van der Waals surface area (Å²) in [5.74, 6) is -2.52. The fraction of sp³-hybridized carbons (Fsp3) is 0.182. The lowest BCUT2D eigenvalue weighted by Gasteiger charge is -2.04. The van der Waals surface area contributed by atoms with E-state index in [4.69, 9.17) is 15.8 Å². The highest BCUT2D eigenvalue weighted by molar-refractivity contribution is 5.77. The number of esters is 2. The fourth-order valence-electron chi connectivity index (χ4n) is 1.38. The summed E-state index contributed by atoms with van der Waals surface area (Å²) in [6.07, 6.45) is 0. The van der Waals surface area contributed by atoms with Gasteiger partial charge in [-0.2, -0.15) is 0 Å². The second-order valence-electron chi connectivity index (χ2n) is 3.68. The summed E-state index contributed by atoms with van der Waals surface area (Å²) in [6.45, 7) is 2.11. The van der Waals surface area contributed by atoms with Gasteiger partial charge in [-0.05, 0) is 17.1 Å². The third-order valence-corrected chi connectivity index (χ3v) is 2.05. The normalized spacial score (nSPS) is 9.00. The molecule has 22 heavy (non-hydrogen) atoms. The number of azide groups is 2. The van der Waals surface area contributed by atoms with E-state index >= 15 is 0 Å². The number of rotatable bonds is 4. The summed E-state index contributed by atoms with van der Waals surface area (Å²) < 4.78 is 9.48.